The van der Waals surface area contributed by atoms with Gasteiger partial charge in [0, 0.05) is 11.5 Å². The van der Waals surface area contributed by atoms with Gasteiger partial charge in [-0.15, -0.1) is 0 Å². The average Bonchev–Trinajstić information content (AvgIpc) is 2.57. The van der Waals surface area contributed by atoms with Crippen LogP contribution in [0.4, 0.5) is 13.2 Å². The van der Waals surface area contributed by atoms with Crippen LogP contribution in [-0.4, -0.2) is 12.1 Å². The molecule has 94 valence electrons. The summed E-state index contributed by atoms with van der Waals surface area (Å²) in [6.45, 7) is 5.09. The van der Waals surface area contributed by atoms with Crippen LogP contribution in [0.2, 0.25) is 0 Å². The monoisotopic (exact) mass is 243 g/mol. The molecule has 1 aliphatic rings. The molecule has 0 amide bonds. The van der Waals surface area contributed by atoms with Crippen molar-refractivity contribution in [2.24, 2.45) is 0 Å². The van der Waals surface area contributed by atoms with Crippen LogP contribution in [0.25, 0.3) is 0 Å². The van der Waals surface area contributed by atoms with Crippen LogP contribution in [0.1, 0.15) is 37.3 Å². The second kappa shape index (κ2) is 4.02. The van der Waals surface area contributed by atoms with Crippen LogP contribution in [-0.2, 0) is 6.18 Å². The van der Waals surface area contributed by atoms with Crippen molar-refractivity contribution in [1.82, 2.24) is 5.32 Å². The molecule has 1 aliphatic heterocycles. The van der Waals surface area contributed by atoms with Crippen molar-refractivity contribution in [2.45, 2.75) is 37.9 Å². The highest BCUT2D eigenvalue weighted by atomic mass is 19.4. The van der Waals surface area contributed by atoms with Crippen molar-refractivity contribution < 1.29 is 13.2 Å². The van der Waals surface area contributed by atoms with Crippen molar-refractivity contribution in [3.63, 3.8) is 0 Å². The Labute approximate surface area is 99.0 Å². The first kappa shape index (κ1) is 12.4. The van der Waals surface area contributed by atoms with Gasteiger partial charge in [0.1, 0.15) is 0 Å². The molecular formula is C13H16F3N. The molecule has 1 saturated heterocycles. The lowest BCUT2D eigenvalue weighted by molar-refractivity contribution is -0.137. The van der Waals surface area contributed by atoms with Crippen LogP contribution in [0.15, 0.2) is 24.3 Å². The Morgan fingerprint density at radius 1 is 1.18 bits per heavy atom. The van der Waals surface area contributed by atoms with Crippen LogP contribution < -0.4 is 5.32 Å². The van der Waals surface area contributed by atoms with Crippen molar-refractivity contribution >= 4 is 0 Å². The maximum atomic E-state index is 12.4. The van der Waals surface area contributed by atoms with E-state index < -0.39 is 11.7 Å². The highest BCUT2D eigenvalue weighted by Crippen LogP contribution is 2.37. The largest absolute Gasteiger partial charge is 0.416 e. The molecule has 4 heteroatoms. The summed E-state index contributed by atoms with van der Waals surface area (Å²) in [5, 5.41) is 3.37. The number of nitrogens with one attached hydrogen (secondary N) is 1. The highest BCUT2D eigenvalue weighted by Gasteiger charge is 2.36. The van der Waals surface area contributed by atoms with Gasteiger partial charge in [0.2, 0.25) is 0 Å². The molecule has 0 spiro atoms. The third-order valence-electron chi connectivity index (χ3n) is 3.53. The lowest BCUT2D eigenvalue weighted by Gasteiger charge is -2.27. The van der Waals surface area contributed by atoms with E-state index in [1.54, 1.807) is 12.1 Å². The zero-order chi connectivity index (χ0) is 12.7. The minimum absolute atomic E-state index is 0.0419. The molecule has 0 unspecified atom stereocenters. The van der Waals surface area contributed by atoms with Crippen molar-refractivity contribution in [1.29, 1.82) is 0 Å². The van der Waals surface area contributed by atoms with E-state index in [2.05, 4.69) is 19.2 Å². The second-order valence-electron chi connectivity index (χ2n) is 5.11. The van der Waals surface area contributed by atoms with Gasteiger partial charge < -0.3 is 5.32 Å². The molecule has 0 radical (unpaired) electrons. The Morgan fingerprint density at radius 2 is 1.76 bits per heavy atom. The fourth-order valence-electron chi connectivity index (χ4n) is 2.51. The van der Waals surface area contributed by atoms with Gasteiger partial charge in [0.05, 0.1) is 5.56 Å². The Morgan fingerprint density at radius 3 is 2.18 bits per heavy atom. The molecule has 0 saturated carbocycles. The van der Waals surface area contributed by atoms with Crippen molar-refractivity contribution in [3.8, 4) is 0 Å². The van der Waals surface area contributed by atoms with E-state index in [0.717, 1.165) is 18.5 Å². The van der Waals surface area contributed by atoms with Crippen molar-refractivity contribution in [3.05, 3.63) is 35.4 Å². The number of hydrogen-bond acceptors (Lipinski definition) is 1. The predicted molar refractivity (Wildman–Crippen MR) is 60.9 cm³/mol. The van der Waals surface area contributed by atoms with Gasteiger partial charge in [-0.25, -0.2) is 0 Å². The Hall–Kier alpha value is -1.03. The fraction of sp³-hybridized carbons (Fsp3) is 0.538. The Kier molecular flexibility index (Phi) is 2.94. The number of rotatable bonds is 1. The molecule has 1 atom stereocenters. The topological polar surface area (TPSA) is 12.0 Å². The zero-order valence-electron chi connectivity index (χ0n) is 9.93. The highest BCUT2D eigenvalue weighted by molar-refractivity contribution is 5.30. The van der Waals surface area contributed by atoms with Crippen LogP contribution in [0.3, 0.4) is 0 Å². The van der Waals surface area contributed by atoms with E-state index in [4.69, 9.17) is 0 Å². The molecule has 1 fully saturated rings. The van der Waals surface area contributed by atoms with Gasteiger partial charge in [0.25, 0.3) is 0 Å². The van der Waals surface area contributed by atoms with E-state index in [1.165, 1.54) is 12.1 Å². The van der Waals surface area contributed by atoms with Gasteiger partial charge in [-0.05, 0) is 44.5 Å². The van der Waals surface area contributed by atoms with Crippen molar-refractivity contribution in [2.75, 3.05) is 6.54 Å². The first-order valence-electron chi connectivity index (χ1n) is 5.73. The standard InChI is InChI=1S/C13H16F3N/c1-12(2)11(7-8-17-12)9-3-5-10(6-4-9)13(14,15)16/h3-6,11,17H,7-8H2,1-2H3/t11-/m1/s1. The minimum Gasteiger partial charge on any atom is -0.311 e. The third-order valence-corrected chi connectivity index (χ3v) is 3.53. The molecule has 0 aromatic heterocycles. The summed E-state index contributed by atoms with van der Waals surface area (Å²) < 4.78 is 37.3. The Balaban J connectivity index is 2.24. The van der Waals surface area contributed by atoms with E-state index in [1.807, 2.05) is 0 Å². The lowest BCUT2D eigenvalue weighted by atomic mass is 9.83. The lowest BCUT2D eigenvalue weighted by Crippen LogP contribution is -2.36. The van der Waals surface area contributed by atoms with Crippen LogP contribution >= 0.6 is 0 Å². The molecule has 17 heavy (non-hydrogen) atoms. The molecule has 0 bridgehead atoms. The second-order valence-corrected chi connectivity index (χ2v) is 5.11. The van der Waals surface area contributed by atoms with E-state index in [0.29, 0.717) is 0 Å². The molecule has 1 N–H and O–H groups in total. The first-order chi connectivity index (χ1) is 7.81. The summed E-state index contributed by atoms with van der Waals surface area (Å²) in [6.07, 6.45) is -3.28. The summed E-state index contributed by atoms with van der Waals surface area (Å²) >= 11 is 0. The maximum Gasteiger partial charge on any atom is 0.416 e. The first-order valence-corrected chi connectivity index (χ1v) is 5.73. The van der Waals surface area contributed by atoms with E-state index >= 15 is 0 Å². The summed E-state index contributed by atoms with van der Waals surface area (Å²) in [5.41, 5.74) is 0.359. The van der Waals surface area contributed by atoms with Crippen LogP contribution in [0.5, 0.6) is 0 Å². The quantitative estimate of drug-likeness (QED) is 0.795. The van der Waals surface area contributed by atoms with Gasteiger partial charge in [-0.1, -0.05) is 12.1 Å². The molecule has 1 aromatic carbocycles. The molecule has 1 nitrogen and oxygen atoms in total. The summed E-state index contributed by atoms with van der Waals surface area (Å²) in [7, 11) is 0. The Bertz CT molecular complexity index is 392. The summed E-state index contributed by atoms with van der Waals surface area (Å²) in [6, 6.07) is 5.54. The smallest absolute Gasteiger partial charge is 0.311 e. The molecule has 0 aliphatic carbocycles. The third kappa shape index (κ3) is 2.46. The molecular weight excluding hydrogens is 227 g/mol. The fourth-order valence-corrected chi connectivity index (χ4v) is 2.51. The molecule has 1 aromatic rings. The number of benzene rings is 1. The number of hydrogen-bond donors (Lipinski definition) is 1. The SMILES string of the molecule is CC1(C)NCC[C@@H]1c1ccc(C(F)(F)F)cc1. The zero-order valence-corrected chi connectivity index (χ0v) is 9.93. The summed E-state index contributed by atoms with van der Waals surface area (Å²) in [5.74, 6) is 0.282. The predicted octanol–water partition coefficient (Wildman–Crippen LogP) is 3.56. The minimum atomic E-state index is -4.25. The maximum absolute atomic E-state index is 12.4. The summed E-state index contributed by atoms with van der Waals surface area (Å²) in [4.78, 5) is 0. The molecule has 1 heterocycles. The van der Waals surface area contributed by atoms with Gasteiger partial charge in [-0.3, -0.25) is 0 Å². The number of alkyl halides is 3. The molecule has 2 rings (SSSR count). The van der Waals surface area contributed by atoms with Crippen LogP contribution in [0, 0.1) is 0 Å². The van der Waals surface area contributed by atoms with Gasteiger partial charge in [-0.2, -0.15) is 13.2 Å². The van der Waals surface area contributed by atoms with E-state index in [9.17, 15) is 13.2 Å². The normalized spacial score (nSPS) is 23.9. The van der Waals surface area contributed by atoms with Gasteiger partial charge in [0.15, 0.2) is 0 Å². The van der Waals surface area contributed by atoms with E-state index in [-0.39, 0.29) is 11.5 Å². The number of halogens is 3. The average molecular weight is 243 g/mol. The van der Waals surface area contributed by atoms with Gasteiger partial charge >= 0.3 is 6.18 Å².